The molecule has 1 unspecified atom stereocenters. The van der Waals surface area contributed by atoms with Gasteiger partial charge in [-0.05, 0) is 63.3 Å². The molecule has 1 saturated heterocycles. The Balaban J connectivity index is 1.34. The minimum atomic E-state index is -0.285. The number of hydrogen-bond acceptors (Lipinski definition) is 4. The first-order valence-electron chi connectivity index (χ1n) is 11.4. The number of carbonyl (C=O) groups is 2. The van der Waals surface area contributed by atoms with Gasteiger partial charge in [-0.15, -0.1) is 0 Å². The number of benzene rings is 1. The molecule has 1 aliphatic carbocycles. The van der Waals surface area contributed by atoms with Crippen LogP contribution in [0.15, 0.2) is 42.6 Å². The summed E-state index contributed by atoms with van der Waals surface area (Å²) in [5, 5.41) is 8.11. The molecule has 2 aliphatic rings. The number of halogens is 1. The molecular formula is C25H26ClN5O2. The number of rotatable bonds is 4. The van der Waals surface area contributed by atoms with Crippen molar-refractivity contribution in [2.24, 2.45) is 5.92 Å². The van der Waals surface area contributed by atoms with Crippen molar-refractivity contribution in [2.45, 2.75) is 39.0 Å². The Morgan fingerprint density at radius 2 is 1.91 bits per heavy atom. The number of likely N-dealkylation sites (tertiary alicyclic amines) is 1. The van der Waals surface area contributed by atoms with E-state index in [0.29, 0.717) is 29.6 Å². The van der Waals surface area contributed by atoms with E-state index < -0.39 is 0 Å². The SMILES string of the molecule is Cc1ccc(-n2nc(C(=O)N3CCCC(C(=O)Nc4ccc(Cl)cn4)C3)c3c2CCC3)cc1. The van der Waals surface area contributed by atoms with E-state index in [4.69, 9.17) is 16.7 Å². The van der Waals surface area contributed by atoms with E-state index in [-0.39, 0.29) is 17.7 Å². The zero-order valence-corrected chi connectivity index (χ0v) is 19.3. The van der Waals surface area contributed by atoms with Crippen LogP contribution in [0.4, 0.5) is 5.82 Å². The zero-order valence-electron chi connectivity index (χ0n) is 18.6. The fourth-order valence-electron chi connectivity index (χ4n) is 4.71. The number of nitrogens with one attached hydrogen (secondary N) is 1. The molecule has 7 nitrogen and oxygen atoms in total. The van der Waals surface area contributed by atoms with Gasteiger partial charge in [0.25, 0.3) is 5.91 Å². The molecule has 2 amide bonds. The molecule has 0 saturated carbocycles. The lowest BCUT2D eigenvalue weighted by molar-refractivity contribution is -0.121. The van der Waals surface area contributed by atoms with Gasteiger partial charge < -0.3 is 10.2 Å². The largest absolute Gasteiger partial charge is 0.336 e. The van der Waals surface area contributed by atoms with Gasteiger partial charge in [0.2, 0.25) is 5.91 Å². The summed E-state index contributed by atoms with van der Waals surface area (Å²) < 4.78 is 1.93. The van der Waals surface area contributed by atoms with Gasteiger partial charge in [0.1, 0.15) is 5.82 Å². The summed E-state index contributed by atoms with van der Waals surface area (Å²) >= 11 is 5.87. The Kier molecular flexibility index (Phi) is 5.89. The highest BCUT2D eigenvalue weighted by atomic mass is 35.5. The van der Waals surface area contributed by atoms with Crippen LogP contribution in [0.1, 0.15) is 46.6 Å². The van der Waals surface area contributed by atoms with Crippen LogP contribution >= 0.6 is 11.6 Å². The third-order valence-electron chi connectivity index (χ3n) is 6.47. The van der Waals surface area contributed by atoms with E-state index in [1.807, 2.05) is 16.8 Å². The Hall–Kier alpha value is -3.19. The van der Waals surface area contributed by atoms with Crippen molar-refractivity contribution < 1.29 is 9.59 Å². The number of aromatic nitrogens is 3. The van der Waals surface area contributed by atoms with Crippen LogP contribution in [0.2, 0.25) is 5.02 Å². The van der Waals surface area contributed by atoms with Crippen LogP contribution in [0, 0.1) is 12.8 Å². The second kappa shape index (κ2) is 8.98. The average molecular weight is 464 g/mol. The number of fused-ring (bicyclic) bond motifs is 1. The number of amides is 2. The molecule has 3 heterocycles. The highest BCUT2D eigenvalue weighted by Gasteiger charge is 2.33. The maximum atomic E-state index is 13.5. The Bertz CT molecular complexity index is 1190. The highest BCUT2D eigenvalue weighted by molar-refractivity contribution is 6.30. The molecule has 1 aliphatic heterocycles. The lowest BCUT2D eigenvalue weighted by atomic mass is 9.96. The van der Waals surface area contributed by atoms with Gasteiger partial charge in [-0.3, -0.25) is 9.59 Å². The maximum Gasteiger partial charge on any atom is 0.274 e. The van der Waals surface area contributed by atoms with E-state index in [1.54, 1.807) is 17.0 Å². The van der Waals surface area contributed by atoms with Crippen molar-refractivity contribution in [1.29, 1.82) is 0 Å². The van der Waals surface area contributed by atoms with E-state index in [0.717, 1.165) is 49.0 Å². The van der Waals surface area contributed by atoms with Crippen LogP contribution in [0.25, 0.3) is 5.69 Å². The number of pyridine rings is 1. The molecule has 0 radical (unpaired) electrons. The third kappa shape index (κ3) is 4.37. The molecule has 1 aromatic carbocycles. The normalized spacial score (nSPS) is 17.6. The van der Waals surface area contributed by atoms with Gasteiger partial charge in [0, 0.05) is 30.5 Å². The second-order valence-electron chi connectivity index (χ2n) is 8.82. The number of nitrogens with zero attached hydrogens (tertiary/aromatic N) is 4. The number of piperidine rings is 1. The number of hydrogen-bond donors (Lipinski definition) is 1. The Morgan fingerprint density at radius 1 is 1.09 bits per heavy atom. The molecule has 1 fully saturated rings. The Labute approximate surface area is 197 Å². The maximum absolute atomic E-state index is 13.5. The van der Waals surface area contributed by atoms with Gasteiger partial charge >= 0.3 is 0 Å². The first-order valence-corrected chi connectivity index (χ1v) is 11.8. The minimum Gasteiger partial charge on any atom is -0.336 e. The minimum absolute atomic E-state index is 0.0823. The molecule has 1 N–H and O–H groups in total. The summed E-state index contributed by atoms with van der Waals surface area (Å²) in [7, 11) is 0. The smallest absolute Gasteiger partial charge is 0.274 e. The monoisotopic (exact) mass is 463 g/mol. The van der Waals surface area contributed by atoms with Crippen LogP contribution < -0.4 is 5.32 Å². The predicted molar refractivity (Wildman–Crippen MR) is 127 cm³/mol. The standard InChI is InChI=1S/C25H26ClN5O2/c1-16-7-10-19(11-8-16)31-21-6-2-5-20(21)23(29-31)25(33)30-13-3-4-17(15-30)24(32)28-22-12-9-18(26)14-27-22/h7-12,14,17H,2-6,13,15H2,1H3,(H,27,28,32). The van der Waals surface area contributed by atoms with Crippen LogP contribution in [-0.2, 0) is 17.6 Å². The Morgan fingerprint density at radius 3 is 2.67 bits per heavy atom. The zero-order chi connectivity index (χ0) is 22.9. The highest BCUT2D eigenvalue weighted by Crippen LogP contribution is 2.30. The molecule has 8 heteroatoms. The molecule has 33 heavy (non-hydrogen) atoms. The first-order chi connectivity index (χ1) is 16.0. The number of anilines is 1. The average Bonchev–Trinajstić information content (AvgIpc) is 3.44. The number of aryl methyl sites for hydroxylation is 1. The van der Waals surface area contributed by atoms with E-state index in [1.165, 1.54) is 11.8 Å². The fourth-order valence-corrected chi connectivity index (χ4v) is 4.82. The third-order valence-corrected chi connectivity index (χ3v) is 6.69. The van der Waals surface area contributed by atoms with Crippen molar-refractivity contribution in [3.8, 4) is 5.69 Å². The summed E-state index contributed by atoms with van der Waals surface area (Å²) in [6.07, 6.45) is 5.82. The van der Waals surface area contributed by atoms with Crippen LogP contribution in [-0.4, -0.2) is 44.6 Å². The molecule has 5 rings (SSSR count). The molecule has 3 aromatic rings. The van der Waals surface area contributed by atoms with Gasteiger partial charge in [0.05, 0.1) is 16.6 Å². The number of carbonyl (C=O) groups excluding carboxylic acids is 2. The molecule has 0 bridgehead atoms. The lowest BCUT2D eigenvalue weighted by Crippen LogP contribution is -2.44. The van der Waals surface area contributed by atoms with Gasteiger partial charge in [-0.1, -0.05) is 29.3 Å². The van der Waals surface area contributed by atoms with Crippen LogP contribution in [0.5, 0.6) is 0 Å². The summed E-state index contributed by atoms with van der Waals surface area (Å²) in [6.45, 7) is 3.07. The fraction of sp³-hybridized carbons (Fsp3) is 0.360. The summed E-state index contributed by atoms with van der Waals surface area (Å²) in [5.41, 5.74) is 4.87. The summed E-state index contributed by atoms with van der Waals surface area (Å²) in [6, 6.07) is 11.6. The second-order valence-corrected chi connectivity index (χ2v) is 9.25. The molecule has 0 spiro atoms. The first kappa shape index (κ1) is 21.6. The van der Waals surface area contributed by atoms with Gasteiger partial charge in [-0.25, -0.2) is 9.67 Å². The molecule has 170 valence electrons. The lowest BCUT2D eigenvalue weighted by Gasteiger charge is -2.31. The summed E-state index contributed by atoms with van der Waals surface area (Å²) in [5.74, 6) is -0.0335. The molecule has 1 atom stereocenters. The topological polar surface area (TPSA) is 80.1 Å². The van der Waals surface area contributed by atoms with Gasteiger partial charge in [0.15, 0.2) is 5.69 Å². The van der Waals surface area contributed by atoms with Crippen molar-refractivity contribution in [1.82, 2.24) is 19.7 Å². The molecular weight excluding hydrogens is 438 g/mol. The van der Waals surface area contributed by atoms with Crippen molar-refractivity contribution in [3.05, 3.63) is 70.1 Å². The van der Waals surface area contributed by atoms with Crippen molar-refractivity contribution >= 4 is 29.2 Å². The van der Waals surface area contributed by atoms with Crippen LogP contribution in [0.3, 0.4) is 0 Å². The van der Waals surface area contributed by atoms with Gasteiger partial charge in [-0.2, -0.15) is 5.10 Å². The van der Waals surface area contributed by atoms with E-state index >= 15 is 0 Å². The van der Waals surface area contributed by atoms with Crippen molar-refractivity contribution in [3.63, 3.8) is 0 Å². The summed E-state index contributed by atoms with van der Waals surface area (Å²) in [4.78, 5) is 32.2. The van der Waals surface area contributed by atoms with Crippen molar-refractivity contribution in [2.75, 3.05) is 18.4 Å². The molecule has 2 aromatic heterocycles. The predicted octanol–water partition coefficient (Wildman–Crippen LogP) is 4.21. The van der Waals surface area contributed by atoms with E-state index in [2.05, 4.69) is 29.4 Å². The quantitative estimate of drug-likeness (QED) is 0.628. The van der Waals surface area contributed by atoms with E-state index in [9.17, 15) is 9.59 Å².